The molecule has 3 rings (SSSR count). The fraction of sp³-hybridized carbons (Fsp3) is 0.444. The molecule has 0 saturated carbocycles. The molecule has 0 bridgehead atoms. The molecule has 0 radical (unpaired) electrons. The number of alkyl halides is 1. The second kappa shape index (κ2) is 4.66. The average Bonchev–Trinajstić information content (AvgIpc) is 2.69. The summed E-state index contributed by atoms with van der Waals surface area (Å²) in [6, 6.07) is 10.1. The first-order chi connectivity index (χ1) is 9.54. The van der Waals surface area contributed by atoms with Crippen molar-refractivity contribution in [1.29, 1.82) is 0 Å². The molecule has 0 aromatic heterocycles. The molecule has 1 aliphatic carbocycles. The molecular weight excluding hydrogens is 268 g/mol. The van der Waals surface area contributed by atoms with Gasteiger partial charge in [0, 0.05) is 17.2 Å². The summed E-state index contributed by atoms with van der Waals surface area (Å²) in [7, 11) is 0. The predicted molar refractivity (Wildman–Crippen MR) is 85.9 cm³/mol. The average molecular weight is 289 g/mol. The van der Waals surface area contributed by atoms with Crippen LogP contribution in [0.25, 0.3) is 10.8 Å². The number of phenols is 1. The van der Waals surface area contributed by atoms with Crippen molar-refractivity contribution in [2.45, 2.75) is 38.5 Å². The Hall–Kier alpha value is -1.21. The van der Waals surface area contributed by atoms with Gasteiger partial charge in [-0.25, -0.2) is 0 Å². The molecule has 0 aliphatic heterocycles. The fourth-order valence-electron chi connectivity index (χ4n) is 3.91. The zero-order chi connectivity index (χ0) is 14.5. The standard InChI is InChI=1S/C18H21ClO/c1-4-18(3)11(2)14(10-19)17-13-8-6-5-7-12(13)16(20)9-15(17)18/h5-9,11,14,20H,4,10H2,1-3H3. The monoisotopic (exact) mass is 288 g/mol. The summed E-state index contributed by atoms with van der Waals surface area (Å²) in [6.07, 6.45) is 1.06. The summed E-state index contributed by atoms with van der Waals surface area (Å²) >= 11 is 6.29. The van der Waals surface area contributed by atoms with Gasteiger partial charge in [-0.1, -0.05) is 45.0 Å². The van der Waals surface area contributed by atoms with Gasteiger partial charge in [-0.05, 0) is 40.3 Å². The molecule has 2 heteroatoms. The third-order valence-electron chi connectivity index (χ3n) is 5.56. The summed E-state index contributed by atoms with van der Waals surface area (Å²) in [5.41, 5.74) is 2.73. The second-order valence-electron chi connectivity index (χ2n) is 6.22. The molecule has 106 valence electrons. The van der Waals surface area contributed by atoms with Crippen LogP contribution in [0.1, 0.15) is 44.2 Å². The van der Waals surface area contributed by atoms with Crippen molar-refractivity contribution >= 4 is 22.4 Å². The molecule has 3 atom stereocenters. The Morgan fingerprint density at radius 3 is 2.50 bits per heavy atom. The van der Waals surface area contributed by atoms with Crippen LogP contribution >= 0.6 is 11.6 Å². The van der Waals surface area contributed by atoms with Crippen LogP contribution in [0.2, 0.25) is 0 Å². The minimum absolute atomic E-state index is 0.0937. The van der Waals surface area contributed by atoms with Crippen LogP contribution in [-0.4, -0.2) is 11.0 Å². The number of hydrogen-bond acceptors (Lipinski definition) is 1. The molecular formula is C18H21ClO. The first-order valence-electron chi connectivity index (χ1n) is 7.35. The van der Waals surface area contributed by atoms with Gasteiger partial charge < -0.3 is 5.11 Å². The third-order valence-corrected chi connectivity index (χ3v) is 5.89. The van der Waals surface area contributed by atoms with E-state index in [0.29, 0.717) is 23.5 Å². The van der Waals surface area contributed by atoms with Crippen molar-refractivity contribution in [3.8, 4) is 5.75 Å². The molecule has 1 aliphatic rings. The molecule has 1 nitrogen and oxygen atoms in total. The lowest BCUT2D eigenvalue weighted by Gasteiger charge is -2.31. The maximum absolute atomic E-state index is 10.4. The lowest BCUT2D eigenvalue weighted by Crippen LogP contribution is -2.26. The van der Waals surface area contributed by atoms with Crippen molar-refractivity contribution in [2.75, 3.05) is 5.88 Å². The van der Waals surface area contributed by atoms with Crippen LogP contribution in [0.4, 0.5) is 0 Å². The van der Waals surface area contributed by atoms with Gasteiger partial charge in [0.2, 0.25) is 0 Å². The van der Waals surface area contributed by atoms with Crippen molar-refractivity contribution in [3.05, 3.63) is 41.5 Å². The topological polar surface area (TPSA) is 20.2 Å². The molecule has 0 amide bonds. The van der Waals surface area contributed by atoms with Crippen LogP contribution in [0.15, 0.2) is 30.3 Å². The highest BCUT2D eigenvalue weighted by atomic mass is 35.5. The van der Waals surface area contributed by atoms with E-state index in [-0.39, 0.29) is 5.41 Å². The molecule has 3 unspecified atom stereocenters. The molecule has 2 aromatic rings. The summed E-state index contributed by atoms with van der Waals surface area (Å²) in [4.78, 5) is 0. The fourth-order valence-corrected chi connectivity index (χ4v) is 4.33. The van der Waals surface area contributed by atoms with Crippen LogP contribution in [0, 0.1) is 5.92 Å². The van der Waals surface area contributed by atoms with E-state index in [4.69, 9.17) is 11.6 Å². The summed E-state index contributed by atoms with van der Waals surface area (Å²) in [5.74, 6) is 1.88. The molecule has 0 fully saturated rings. The summed E-state index contributed by atoms with van der Waals surface area (Å²) < 4.78 is 0. The van der Waals surface area contributed by atoms with Crippen molar-refractivity contribution in [3.63, 3.8) is 0 Å². The highest BCUT2D eigenvalue weighted by Crippen LogP contribution is 2.55. The van der Waals surface area contributed by atoms with E-state index < -0.39 is 0 Å². The van der Waals surface area contributed by atoms with Crippen LogP contribution in [-0.2, 0) is 5.41 Å². The van der Waals surface area contributed by atoms with E-state index in [0.717, 1.165) is 17.2 Å². The molecule has 1 N–H and O–H groups in total. The SMILES string of the molecule is CCC1(C)c2cc(O)c3ccccc3c2C(CCl)C1C. The largest absolute Gasteiger partial charge is 0.507 e. The Labute approximate surface area is 125 Å². The Morgan fingerprint density at radius 1 is 1.25 bits per heavy atom. The third kappa shape index (κ3) is 1.62. The van der Waals surface area contributed by atoms with E-state index in [1.165, 1.54) is 11.1 Å². The zero-order valence-electron chi connectivity index (χ0n) is 12.3. The first-order valence-corrected chi connectivity index (χ1v) is 7.89. The first kappa shape index (κ1) is 13.8. The van der Waals surface area contributed by atoms with Gasteiger partial charge in [-0.2, -0.15) is 0 Å². The van der Waals surface area contributed by atoms with Gasteiger partial charge in [0.1, 0.15) is 5.75 Å². The molecule has 20 heavy (non-hydrogen) atoms. The Bertz CT molecular complexity index is 664. The molecule has 2 aromatic carbocycles. The van der Waals surface area contributed by atoms with Crippen molar-refractivity contribution in [2.24, 2.45) is 5.92 Å². The Balaban J connectivity index is 2.41. The number of fused-ring (bicyclic) bond motifs is 3. The van der Waals surface area contributed by atoms with Gasteiger partial charge in [-0.3, -0.25) is 0 Å². The van der Waals surface area contributed by atoms with Crippen molar-refractivity contribution < 1.29 is 5.11 Å². The lowest BCUT2D eigenvalue weighted by atomic mass is 9.73. The number of halogens is 1. The predicted octanol–water partition coefficient (Wildman–Crippen LogP) is 5.19. The summed E-state index contributed by atoms with van der Waals surface area (Å²) in [6.45, 7) is 6.82. The van der Waals surface area contributed by atoms with Gasteiger partial charge in [-0.15, -0.1) is 11.6 Å². The quantitative estimate of drug-likeness (QED) is 0.755. The molecule has 0 saturated heterocycles. The smallest absolute Gasteiger partial charge is 0.123 e. The highest BCUT2D eigenvalue weighted by Gasteiger charge is 2.46. The van der Waals surface area contributed by atoms with Crippen LogP contribution < -0.4 is 0 Å². The van der Waals surface area contributed by atoms with Gasteiger partial charge in [0.05, 0.1) is 0 Å². The zero-order valence-corrected chi connectivity index (χ0v) is 13.0. The number of hydrogen-bond donors (Lipinski definition) is 1. The number of phenolic OH excluding ortho intramolecular Hbond substituents is 1. The maximum Gasteiger partial charge on any atom is 0.123 e. The van der Waals surface area contributed by atoms with Crippen molar-refractivity contribution in [1.82, 2.24) is 0 Å². The lowest BCUT2D eigenvalue weighted by molar-refractivity contribution is 0.305. The Morgan fingerprint density at radius 2 is 1.90 bits per heavy atom. The van der Waals surface area contributed by atoms with E-state index in [1.54, 1.807) is 0 Å². The van der Waals surface area contributed by atoms with Crippen LogP contribution in [0.5, 0.6) is 5.75 Å². The number of aromatic hydroxyl groups is 1. The van der Waals surface area contributed by atoms with E-state index in [1.807, 2.05) is 24.3 Å². The van der Waals surface area contributed by atoms with Gasteiger partial charge in [0.15, 0.2) is 0 Å². The van der Waals surface area contributed by atoms with E-state index >= 15 is 0 Å². The normalized spacial score (nSPS) is 28.8. The number of rotatable bonds is 2. The second-order valence-corrected chi connectivity index (χ2v) is 6.53. The maximum atomic E-state index is 10.4. The minimum atomic E-state index is 0.0937. The summed E-state index contributed by atoms with van der Waals surface area (Å²) in [5, 5.41) is 12.5. The van der Waals surface area contributed by atoms with Gasteiger partial charge >= 0.3 is 0 Å². The highest BCUT2D eigenvalue weighted by molar-refractivity contribution is 6.18. The molecule has 0 spiro atoms. The Kier molecular flexibility index (Phi) is 3.21. The van der Waals surface area contributed by atoms with Gasteiger partial charge in [0.25, 0.3) is 0 Å². The minimum Gasteiger partial charge on any atom is -0.507 e. The molecule has 0 heterocycles. The van der Waals surface area contributed by atoms with Crippen LogP contribution in [0.3, 0.4) is 0 Å². The van der Waals surface area contributed by atoms with E-state index in [9.17, 15) is 5.11 Å². The number of benzene rings is 2. The van der Waals surface area contributed by atoms with E-state index in [2.05, 4.69) is 26.8 Å².